The van der Waals surface area contributed by atoms with E-state index in [-0.39, 0.29) is 6.04 Å². The summed E-state index contributed by atoms with van der Waals surface area (Å²) in [6.07, 6.45) is 3.92. The summed E-state index contributed by atoms with van der Waals surface area (Å²) < 4.78 is 27.0. The van der Waals surface area contributed by atoms with Gasteiger partial charge in [-0.3, -0.25) is 0 Å². The summed E-state index contributed by atoms with van der Waals surface area (Å²) in [7, 11) is 0.305. The van der Waals surface area contributed by atoms with Crippen LogP contribution in [0.25, 0.3) is 0 Å². The van der Waals surface area contributed by atoms with Crippen LogP contribution in [0.5, 0.6) is 0 Å². The van der Waals surface area contributed by atoms with Crippen molar-refractivity contribution < 1.29 is 8.42 Å². The normalized spacial score (nSPS) is 24.0. The molecule has 0 amide bonds. The molecular formula is C15H24N2O2S. The Balaban J connectivity index is 2.16. The minimum absolute atomic E-state index is 0.115. The monoisotopic (exact) mass is 296 g/mol. The van der Waals surface area contributed by atoms with E-state index in [0.717, 1.165) is 31.2 Å². The number of sulfonamides is 1. The van der Waals surface area contributed by atoms with Crippen LogP contribution < -0.4 is 5.32 Å². The first-order valence-corrected chi connectivity index (χ1v) is 8.61. The van der Waals surface area contributed by atoms with Crippen molar-refractivity contribution in [1.29, 1.82) is 0 Å². The van der Waals surface area contributed by atoms with Crippen LogP contribution in [0, 0.1) is 6.92 Å². The van der Waals surface area contributed by atoms with Gasteiger partial charge in [0, 0.05) is 19.1 Å². The predicted octanol–water partition coefficient (Wildman–Crippen LogP) is 2.15. The molecule has 4 nitrogen and oxygen atoms in total. The van der Waals surface area contributed by atoms with Gasteiger partial charge in [-0.2, -0.15) is 4.31 Å². The van der Waals surface area contributed by atoms with Crippen LogP contribution in [0.1, 0.15) is 31.2 Å². The Labute approximate surface area is 122 Å². The van der Waals surface area contributed by atoms with Crippen LogP contribution in [0.2, 0.25) is 0 Å². The zero-order valence-electron chi connectivity index (χ0n) is 12.5. The number of hydrogen-bond acceptors (Lipinski definition) is 3. The highest BCUT2D eigenvalue weighted by atomic mass is 32.2. The van der Waals surface area contributed by atoms with E-state index in [1.165, 1.54) is 0 Å². The Kier molecular flexibility index (Phi) is 4.83. The van der Waals surface area contributed by atoms with E-state index in [4.69, 9.17) is 0 Å². The summed E-state index contributed by atoms with van der Waals surface area (Å²) in [5.74, 6) is 0. The third-order valence-corrected chi connectivity index (χ3v) is 6.44. The van der Waals surface area contributed by atoms with Crippen molar-refractivity contribution >= 4 is 10.0 Å². The molecular weight excluding hydrogens is 272 g/mol. The molecule has 1 aromatic rings. The fraction of sp³-hybridized carbons (Fsp3) is 0.600. The first kappa shape index (κ1) is 15.5. The maximum atomic E-state index is 12.7. The average Bonchev–Trinajstić information content (AvgIpc) is 2.47. The summed E-state index contributed by atoms with van der Waals surface area (Å²) in [6, 6.07) is 7.84. The third kappa shape index (κ3) is 3.05. The van der Waals surface area contributed by atoms with Gasteiger partial charge in [0.1, 0.15) is 0 Å². The largest absolute Gasteiger partial charge is 0.317 e. The second-order valence-electron chi connectivity index (χ2n) is 5.58. The van der Waals surface area contributed by atoms with Crippen LogP contribution >= 0.6 is 0 Å². The van der Waals surface area contributed by atoms with Crippen LogP contribution in [0.15, 0.2) is 29.2 Å². The summed E-state index contributed by atoms with van der Waals surface area (Å²) in [6.45, 7) is 1.85. The average molecular weight is 296 g/mol. The SMILES string of the molecule is CNC1CCC(N(C)S(=O)(=O)c2ccccc2C)CC1. The van der Waals surface area contributed by atoms with Gasteiger partial charge in [-0.1, -0.05) is 18.2 Å². The van der Waals surface area contributed by atoms with Gasteiger partial charge < -0.3 is 5.32 Å². The Bertz CT molecular complexity index is 549. The quantitative estimate of drug-likeness (QED) is 0.926. The van der Waals surface area contributed by atoms with E-state index < -0.39 is 10.0 Å². The second-order valence-corrected chi connectivity index (χ2v) is 7.55. The highest BCUT2D eigenvalue weighted by Gasteiger charge is 2.31. The van der Waals surface area contributed by atoms with E-state index in [9.17, 15) is 8.42 Å². The minimum atomic E-state index is -3.38. The minimum Gasteiger partial charge on any atom is -0.317 e. The molecule has 1 N–H and O–H groups in total. The number of hydrogen-bond donors (Lipinski definition) is 1. The van der Waals surface area contributed by atoms with Gasteiger partial charge in [0.05, 0.1) is 4.90 Å². The van der Waals surface area contributed by atoms with Crippen LogP contribution in [-0.4, -0.2) is 38.9 Å². The summed E-state index contributed by atoms with van der Waals surface area (Å²) in [4.78, 5) is 0.429. The van der Waals surface area contributed by atoms with Crippen molar-refractivity contribution in [2.24, 2.45) is 0 Å². The van der Waals surface area contributed by atoms with Crippen LogP contribution in [-0.2, 0) is 10.0 Å². The predicted molar refractivity (Wildman–Crippen MR) is 81.2 cm³/mol. The van der Waals surface area contributed by atoms with Gasteiger partial charge in [-0.15, -0.1) is 0 Å². The van der Waals surface area contributed by atoms with Gasteiger partial charge in [-0.25, -0.2) is 8.42 Å². The van der Waals surface area contributed by atoms with Crippen molar-refractivity contribution in [2.75, 3.05) is 14.1 Å². The Morgan fingerprint density at radius 2 is 1.75 bits per heavy atom. The van der Waals surface area contributed by atoms with E-state index in [1.54, 1.807) is 23.5 Å². The Morgan fingerprint density at radius 3 is 2.30 bits per heavy atom. The molecule has 0 radical (unpaired) electrons. The summed E-state index contributed by atoms with van der Waals surface area (Å²) >= 11 is 0. The molecule has 1 aliphatic carbocycles. The molecule has 0 spiro atoms. The first-order valence-electron chi connectivity index (χ1n) is 7.17. The smallest absolute Gasteiger partial charge is 0.243 e. The highest BCUT2D eigenvalue weighted by molar-refractivity contribution is 7.89. The lowest BCUT2D eigenvalue weighted by molar-refractivity contribution is 0.255. The van der Waals surface area contributed by atoms with Gasteiger partial charge in [0.15, 0.2) is 0 Å². The molecule has 0 unspecified atom stereocenters. The standard InChI is InChI=1S/C15H24N2O2S/c1-12-6-4-5-7-15(12)20(18,19)17(3)14-10-8-13(16-2)9-11-14/h4-7,13-14,16H,8-11H2,1-3H3. The maximum Gasteiger partial charge on any atom is 0.243 e. The van der Waals surface area contributed by atoms with Crippen LogP contribution in [0.4, 0.5) is 0 Å². The topological polar surface area (TPSA) is 49.4 Å². The molecule has 20 heavy (non-hydrogen) atoms. The van der Waals surface area contributed by atoms with Crippen molar-refractivity contribution in [3.05, 3.63) is 29.8 Å². The fourth-order valence-electron chi connectivity index (χ4n) is 2.93. The van der Waals surface area contributed by atoms with Gasteiger partial charge >= 0.3 is 0 Å². The molecule has 2 rings (SSSR count). The molecule has 0 saturated heterocycles. The molecule has 1 aliphatic rings. The highest BCUT2D eigenvalue weighted by Crippen LogP contribution is 2.27. The van der Waals surface area contributed by atoms with Gasteiger partial charge in [-0.05, 0) is 51.3 Å². The van der Waals surface area contributed by atoms with Crippen molar-refractivity contribution in [3.8, 4) is 0 Å². The summed E-state index contributed by atoms with van der Waals surface area (Å²) in [5.41, 5.74) is 0.809. The zero-order chi connectivity index (χ0) is 14.8. The number of benzene rings is 1. The molecule has 5 heteroatoms. The molecule has 0 aromatic heterocycles. The maximum absolute atomic E-state index is 12.7. The van der Waals surface area contributed by atoms with Crippen LogP contribution in [0.3, 0.4) is 0 Å². The first-order chi connectivity index (χ1) is 9.46. The lowest BCUT2D eigenvalue weighted by Gasteiger charge is -2.34. The van der Waals surface area contributed by atoms with E-state index >= 15 is 0 Å². The Morgan fingerprint density at radius 1 is 1.15 bits per heavy atom. The molecule has 1 fully saturated rings. The molecule has 0 bridgehead atoms. The zero-order valence-corrected chi connectivity index (χ0v) is 13.3. The molecule has 0 heterocycles. The van der Waals surface area contributed by atoms with Crippen molar-refractivity contribution in [3.63, 3.8) is 0 Å². The molecule has 0 aliphatic heterocycles. The van der Waals surface area contributed by atoms with Crippen molar-refractivity contribution in [2.45, 2.75) is 49.6 Å². The number of nitrogens with zero attached hydrogens (tertiary/aromatic N) is 1. The number of rotatable bonds is 4. The fourth-order valence-corrected chi connectivity index (χ4v) is 4.56. The van der Waals surface area contributed by atoms with E-state index in [2.05, 4.69) is 5.32 Å². The molecule has 1 saturated carbocycles. The molecule has 1 aromatic carbocycles. The van der Waals surface area contributed by atoms with Gasteiger partial charge in [0.2, 0.25) is 10.0 Å². The number of nitrogens with one attached hydrogen (secondary N) is 1. The second kappa shape index (κ2) is 6.24. The molecule has 112 valence electrons. The number of aryl methyl sites for hydroxylation is 1. The Hall–Kier alpha value is -0.910. The lowest BCUT2D eigenvalue weighted by atomic mass is 9.91. The molecule has 0 atom stereocenters. The van der Waals surface area contributed by atoms with E-state index in [0.29, 0.717) is 10.9 Å². The van der Waals surface area contributed by atoms with Crippen molar-refractivity contribution in [1.82, 2.24) is 9.62 Å². The lowest BCUT2D eigenvalue weighted by Crippen LogP contribution is -2.42. The van der Waals surface area contributed by atoms with E-state index in [1.807, 2.05) is 26.1 Å². The van der Waals surface area contributed by atoms with Gasteiger partial charge in [0.25, 0.3) is 0 Å². The summed E-state index contributed by atoms with van der Waals surface area (Å²) in [5, 5.41) is 3.27. The third-order valence-electron chi connectivity index (χ3n) is 4.37.